The van der Waals surface area contributed by atoms with Crippen molar-refractivity contribution in [3.8, 4) is 0 Å². The molecule has 0 N–H and O–H groups in total. The zero-order valence-corrected chi connectivity index (χ0v) is 13.1. The molecule has 2 aromatic carbocycles. The van der Waals surface area contributed by atoms with Gasteiger partial charge in [-0.1, -0.05) is 12.1 Å². The Hall–Kier alpha value is -1.92. The van der Waals surface area contributed by atoms with Gasteiger partial charge in [-0.05, 0) is 31.0 Å². The van der Waals surface area contributed by atoms with Gasteiger partial charge >= 0.3 is 0 Å². The van der Waals surface area contributed by atoms with Crippen molar-refractivity contribution in [1.29, 1.82) is 0 Å². The molecule has 0 bridgehead atoms. The molecule has 0 saturated carbocycles. The van der Waals surface area contributed by atoms with E-state index >= 15 is 0 Å². The molecule has 0 aliphatic carbocycles. The second kappa shape index (κ2) is 4.54. The van der Waals surface area contributed by atoms with Crippen molar-refractivity contribution in [1.82, 2.24) is 4.31 Å². The molecule has 4 rings (SSSR count). The quantitative estimate of drug-likeness (QED) is 0.853. The minimum atomic E-state index is -3.50. The van der Waals surface area contributed by atoms with Crippen molar-refractivity contribution in [3.05, 3.63) is 35.9 Å². The molecule has 114 valence electrons. The normalized spacial score (nSPS) is 18.6. The molecular formula is C16H16N2O3S. The van der Waals surface area contributed by atoms with Crippen LogP contribution in [0, 0.1) is 0 Å². The highest BCUT2D eigenvalue weighted by molar-refractivity contribution is 7.89. The predicted molar refractivity (Wildman–Crippen MR) is 84.7 cm³/mol. The van der Waals surface area contributed by atoms with Gasteiger partial charge < -0.3 is 4.90 Å². The van der Waals surface area contributed by atoms with Gasteiger partial charge in [0.15, 0.2) is 0 Å². The van der Waals surface area contributed by atoms with Crippen LogP contribution in [0.25, 0.3) is 10.8 Å². The molecule has 0 spiro atoms. The average molecular weight is 316 g/mol. The number of hydrogen-bond donors (Lipinski definition) is 0. The molecule has 0 atom stereocenters. The first-order chi connectivity index (χ1) is 10.5. The largest absolute Gasteiger partial charge is 0.311 e. The van der Waals surface area contributed by atoms with Gasteiger partial charge in [-0.25, -0.2) is 8.42 Å². The second-order valence-electron chi connectivity index (χ2n) is 5.79. The number of benzene rings is 2. The van der Waals surface area contributed by atoms with Crippen LogP contribution in [0.15, 0.2) is 35.2 Å². The molecule has 2 heterocycles. The third kappa shape index (κ3) is 1.68. The summed E-state index contributed by atoms with van der Waals surface area (Å²) in [4.78, 5) is 14.1. The van der Waals surface area contributed by atoms with Gasteiger partial charge in [-0.2, -0.15) is 4.31 Å². The van der Waals surface area contributed by atoms with E-state index in [1.807, 2.05) is 0 Å². The summed E-state index contributed by atoms with van der Waals surface area (Å²) in [6.45, 7) is 1.15. The van der Waals surface area contributed by atoms with E-state index < -0.39 is 10.0 Å². The molecule has 6 heteroatoms. The summed E-state index contributed by atoms with van der Waals surface area (Å²) in [6.07, 6.45) is 1.81. The number of nitrogens with zero attached hydrogens (tertiary/aromatic N) is 2. The van der Waals surface area contributed by atoms with Crippen LogP contribution < -0.4 is 4.90 Å². The van der Waals surface area contributed by atoms with E-state index in [1.165, 1.54) is 4.31 Å². The Bertz CT molecular complexity index is 899. The standard InChI is InChI=1S/C16H16N2O3S/c1-17-13-7-8-14(22(20,21)18-9-2-3-10-18)11-5-4-6-12(15(11)13)16(17)19/h4-8H,2-3,9-10H2,1H3. The molecule has 2 aliphatic rings. The van der Waals surface area contributed by atoms with E-state index in [2.05, 4.69) is 0 Å². The lowest BCUT2D eigenvalue weighted by molar-refractivity contribution is 0.0999. The maximum Gasteiger partial charge on any atom is 0.258 e. The van der Waals surface area contributed by atoms with Gasteiger partial charge in [0, 0.05) is 36.5 Å². The number of hydrogen-bond acceptors (Lipinski definition) is 3. The fourth-order valence-electron chi connectivity index (χ4n) is 3.40. The van der Waals surface area contributed by atoms with E-state index in [-0.39, 0.29) is 5.91 Å². The highest BCUT2D eigenvalue weighted by atomic mass is 32.2. The van der Waals surface area contributed by atoms with Crippen molar-refractivity contribution in [3.63, 3.8) is 0 Å². The van der Waals surface area contributed by atoms with Crippen LogP contribution in [0.4, 0.5) is 5.69 Å². The van der Waals surface area contributed by atoms with E-state index in [1.54, 1.807) is 42.3 Å². The third-order valence-electron chi connectivity index (χ3n) is 4.56. The maximum atomic E-state index is 12.9. The third-order valence-corrected chi connectivity index (χ3v) is 6.51. The van der Waals surface area contributed by atoms with Gasteiger partial charge in [0.1, 0.15) is 0 Å². The highest BCUT2D eigenvalue weighted by Gasteiger charge is 2.33. The van der Waals surface area contributed by atoms with Crippen molar-refractivity contribution >= 4 is 32.4 Å². The van der Waals surface area contributed by atoms with Crippen LogP contribution >= 0.6 is 0 Å². The minimum Gasteiger partial charge on any atom is -0.311 e. The Kier molecular flexibility index (Phi) is 2.83. The van der Waals surface area contributed by atoms with Crippen molar-refractivity contribution in [2.45, 2.75) is 17.7 Å². The molecular weight excluding hydrogens is 300 g/mol. The lowest BCUT2D eigenvalue weighted by Crippen LogP contribution is -2.28. The Balaban J connectivity index is 2.01. The van der Waals surface area contributed by atoms with Crippen molar-refractivity contribution in [2.24, 2.45) is 0 Å². The van der Waals surface area contributed by atoms with Gasteiger partial charge in [-0.15, -0.1) is 0 Å². The lowest BCUT2D eigenvalue weighted by atomic mass is 10.1. The molecule has 1 amide bonds. The molecule has 0 unspecified atom stereocenters. The topological polar surface area (TPSA) is 57.7 Å². The maximum absolute atomic E-state index is 12.9. The summed E-state index contributed by atoms with van der Waals surface area (Å²) < 4.78 is 27.3. The van der Waals surface area contributed by atoms with E-state index in [0.717, 1.165) is 23.9 Å². The first kappa shape index (κ1) is 13.7. The van der Waals surface area contributed by atoms with Crippen molar-refractivity contribution < 1.29 is 13.2 Å². The summed E-state index contributed by atoms with van der Waals surface area (Å²) in [7, 11) is -1.79. The van der Waals surface area contributed by atoms with Gasteiger partial charge in [0.2, 0.25) is 10.0 Å². The van der Waals surface area contributed by atoms with E-state index in [0.29, 0.717) is 28.9 Å². The highest BCUT2D eigenvalue weighted by Crippen LogP contribution is 2.40. The summed E-state index contributed by atoms with van der Waals surface area (Å²) in [6, 6.07) is 8.66. The molecule has 2 aromatic rings. The summed E-state index contributed by atoms with van der Waals surface area (Å²) in [5.74, 6) is -0.0867. The van der Waals surface area contributed by atoms with E-state index in [4.69, 9.17) is 0 Å². The SMILES string of the molecule is CN1C(=O)c2cccc3c(S(=O)(=O)N4CCCC4)ccc1c23. The molecule has 5 nitrogen and oxygen atoms in total. The van der Waals surface area contributed by atoms with Gasteiger partial charge in [0.05, 0.1) is 10.6 Å². The Morgan fingerprint density at radius 3 is 2.50 bits per heavy atom. The average Bonchev–Trinajstić information content (AvgIpc) is 3.13. The summed E-state index contributed by atoms with van der Waals surface area (Å²) in [5, 5.41) is 1.38. The Morgan fingerprint density at radius 2 is 1.77 bits per heavy atom. The number of carbonyl (C=O) groups is 1. The second-order valence-corrected chi connectivity index (χ2v) is 7.69. The van der Waals surface area contributed by atoms with Crippen LogP contribution in [0.1, 0.15) is 23.2 Å². The number of carbonyl (C=O) groups excluding carboxylic acids is 1. The number of rotatable bonds is 2. The van der Waals surface area contributed by atoms with Crippen LogP contribution in [0.2, 0.25) is 0 Å². The van der Waals surface area contributed by atoms with Crippen molar-refractivity contribution in [2.75, 3.05) is 25.0 Å². The fraction of sp³-hybridized carbons (Fsp3) is 0.312. The Morgan fingerprint density at radius 1 is 1.05 bits per heavy atom. The zero-order chi connectivity index (χ0) is 15.5. The smallest absolute Gasteiger partial charge is 0.258 e. The Labute approximate surface area is 129 Å². The molecule has 1 saturated heterocycles. The predicted octanol–water partition coefficient (Wildman–Crippen LogP) is 2.21. The fourth-order valence-corrected chi connectivity index (χ4v) is 5.11. The number of anilines is 1. The number of amides is 1. The van der Waals surface area contributed by atoms with Gasteiger partial charge in [-0.3, -0.25) is 4.79 Å². The monoisotopic (exact) mass is 316 g/mol. The molecule has 22 heavy (non-hydrogen) atoms. The molecule has 0 aromatic heterocycles. The van der Waals surface area contributed by atoms with Crippen LogP contribution in [0.3, 0.4) is 0 Å². The first-order valence-electron chi connectivity index (χ1n) is 7.36. The van der Waals surface area contributed by atoms with Crippen LogP contribution in [-0.4, -0.2) is 38.8 Å². The first-order valence-corrected chi connectivity index (χ1v) is 8.80. The van der Waals surface area contributed by atoms with Crippen LogP contribution in [-0.2, 0) is 10.0 Å². The summed E-state index contributed by atoms with van der Waals surface area (Å²) in [5.41, 5.74) is 1.35. The van der Waals surface area contributed by atoms with Crippen LogP contribution in [0.5, 0.6) is 0 Å². The summed E-state index contributed by atoms with van der Waals surface area (Å²) >= 11 is 0. The zero-order valence-electron chi connectivity index (χ0n) is 12.2. The number of sulfonamides is 1. The lowest BCUT2D eigenvalue weighted by Gasteiger charge is -2.18. The molecule has 2 aliphatic heterocycles. The van der Waals surface area contributed by atoms with E-state index in [9.17, 15) is 13.2 Å². The minimum absolute atomic E-state index is 0.0867. The van der Waals surface area contributed by atoms with Gasteiger partial charge in [0.25, 0.3) is 5.91 Å². The molecule has 1 fully saturated rings. The molecule has 0 radical (unpaired) electrons.